The molecule has 1 aromatic carbocycles. The van der Waals surface area contributed by atoms with E-state index in [0.29, 0.717) is 17.7 Å². The van der Waals surface area contributed by atoms with E-state index in [1.54, 1.807) is 29.6 Å². The van der Waals surface area contributed by atoms with Crippen molar-refractivity contribution in [3.05, 3.63) is 29.3 Å². The molecule has 20 heavy (non-hydrogen) atoms. The van der Waals surface area contributed by atoms with Crippen molar-refractivity contribution in [2.24, 2.45) is 0 Å². The first kappa shape index (κ1) is 16.9. The lowest BCUT2D eigenvalue weighted by molar-refractivity contribution is -0.139. The number of aliphatic carboxylic acids is 1. The van der Waals surface area contributed by atoms with Gasteiger partial charge in [0.15, 0.2) is 0 Å². The summed E-state index contributed by atoms with van der Waals surface area (Å²) in [4.78, 5) is 24.4. The fraction of sp³-hybridized carbons (Fsp3) is 0.429. The van der Waals surface area contributed by atoms with Gasteiger partial charge in [-0.05, 0) is 49.3 Å². The molecule has 0 spiro atoms. The van der Waals surface area contributed by atoms with Gasteiger partial charge in [0.25, 0.3) is 5.91 Å². The van der Waals surface area contributed by atoms with Gasteiger partial charge in [0.1, 0.15) is 6.04 Å². The molecular weight excluding hydrogens is 294 g/mol. The maximum absolute atomic E-state index is 12.2. The zero-order valence-corrected chi connectivity index (χ0v) is 13.4. The van der Waals surface area contributed by atoms with E-state index in [0.717, 1.165) is 10.5 Å². The summed E-state index contributed by atoms with van der Waals surface area (Å²) < 4.78 is 0. The number of carboxylic acids is 1. The van der Waals surface area contributed by atoms with Gasteiger partial charge in [-0.2, -0.15) is 11.8 Å². The van der Waals surface area contributed by atoms with Crippen molar-refractivity contribution in [3.8, 4) is 0 Å². The van der Waals surface area contributed by atoms with Gasteiger partial charge in [-0.3, -0.25) is 4.79 Å². The number of carboxylic acid groups (broad SMARTS) is 1. The summed E-state index contributed by atoms with van der Waals surface area (Å²) in [5.41, 5.74) is 1.38. The van der Waals surface area contributed by atoms with Crippen molar-refractivity contribution in [1.82, 2.24) is 5.32 Å². The largest absolute Gasteiger partial charge is 0.480 e. The molecule has 0 aliphatic rings. The summed E-state index contributed by atoms with van der Waals surface area (Å²) in [5, 5.41) is 11.7. The number of thioether (sulfide) groups is 2. The van der Waals surface area contributed by atoms with Crippen molar-refractivity contribution in [2.45, 2.75) is 24.3 Å². The topological polar surface area (TPSA) is 66.4 Å². The molecule has 0 bridgehead atoms. The minimum atomic E-state index is -0.994. The molecule has 0 aliphatic heterocycles. The quantitative estimate of drug-likeness (QED) is 0.758. The summed E-state index contributed by atoms with van der Waals surface area (Å²) >= 11 is 3.11. The van der Waals surface area contributed by atoms with Gasteiger partial charge in [-0.1, -0.05) is 6.07 Å². The van der Waals surface area contributed by atoms with Crippen molar-refractivity contribution in [2.75, 3.05) is 18.3 Å². The lowest BCUT2D eigenvalue weighted by Gasteiger charge is -2.15. The van der Waals surface area contributed by atoms with Gasteiger partial charge in [-0.15, -0.1) is 11.8 Å². The maximum atomic E-state index is 12.2. The first-order valence-electron chi connectivity index (χ1n) is 6.16. The molecule has 2 N–H and O–H groups in total. The molecule has 1 aromatic rings. The van der Waals surface area contributed by atoms with Crippen LogP contribution < -0.4 is 5.32 Å². The number of carbonyl (C=O) groups is 2. The highest BCUT2D eigenvalue weighted by atomic mass is 32.2. The fourth-order valence-corrected chi connectivity index (χ4v) is 2.61. The molecule has 1 amide bonds. The van der Waals surface area contributed by atoms with Crippen LogP contribution in [-0.4, -0.2) is 41.3 Å². The molecule has 0 saturated carbocycles. The summed E-state index contributed by atoms with van der Waals surface area (Å²) in [5.74, 6) is -0.626. The van der Waals surface area contributed by atoms with Crippen LogP contribution in [0, 0.1) is 6.92 Å². The van der Waals surface area contributed by atoms with E-state index < -0.39 is 12.0 Å². The van der Waals surface area contributed by atoms with Crippen LogP contribution in [0.3, 0.4) is 0 Å². The predicted octanol–water partition coefficient (Wildman–Crippen LogP) is 2.65. The van der Waals surface area contributed by atoms with Crippen LogP contribution in [0.1, 0.15) is 22.3 Å². The summed E-state index contributed by atoms with van der Waals surface area (Å²) in [6.07, 6.45) is 4.27. The number of hydrogen-bond acceptors (Lipinski definition) is 4. The first-order chi connectivity index (χ1) is 9.49. The molecule has 4 nitrogen and oxygen atoms in total. The minimum absolute atomic E-state index is 0.327. The molecule has 6 heteroatoms. The number of aryl methyl sites for hydroxylation is 1. The smallest absolute Gasteiger partial charge is 0.326 e. The van der Waals surface area contributed by atoms with E-state index in [4.69, 9.17) is 5.11 Å². The average molecular weight is 313 g/mol. The summed E-state index contributed by atoms with van der Waals surface area (Å²) in [7, 11) is 0. The third kappa shape index (κ3) is 4.76. The number of hydrogen-bond donors (Lipinski definition) is 2. The Hall–Kier alpha value is -1.14. The Labute approximate surface area is 127 Å². The standard InChI is InChI=1S/C14H19NO3S2/c1-9-4-5-10(20-3)8-11(9)13(16)15-12(14(17)18)6-7-19-2/h4-5,8,12H,6-7H2,1-3H3,(H,15,16)(H,17,18)/t12-/m0/s1. The zero-order valence-electron chi connectivity index (χ0n) is 11.8. The monoisotopic (exact) mass is 313 g/mol. The van der Waals surface area contributed by atoms with E-state index in [1.807, 2.05) is 31.6 Å². The lowest BCUT2D eigenvalue weighted by Crippen LogP contribution is -2.41. The Kier molecular flexibility index (Phi) is 6.95. The van der Waals surface area contributed by atoms with Gasteiger partial charge < -0.3 is 10.4 Å². The van der Waals surface area contributed by atoms with Crippen LogP contribution >= 0.6 is 23.5 Å². The van der Waals surface area contributed by atoms with Gasteiger partial charge in [-0.25, -0.2) is 4.79 Å². The lowest BCUT2D eigenvalue weighted by atomic mass is 10.1. The first-order valence-corrected chi connectivity index (χ1v) is 8.78. The average Bonchev–Trinajstić information content (AvgIpc) is 2.43. The number of rotatable bonds is 7. The molecule has 1 rings (SSSR count). The van der Waals surface area contributed by atoms with Crippen LogP contribution in [0.15, 0.2) is 23.1 Å². The highest BCUT2D eigenvalue weighted by molar-refractivity contribution is 7.98. The van der Waals surface area contributed by atoms with Gasteiger partial charge in [0.2, 0.25) is 0 Å². The SMILES string of the molecule is CSCC[C@H](NC(=O)c1cc(SC)ccc1C)C(=O)O. The van der Waals surface area contributed by atoms with E-state index in [2.05, 4.69) is 5.32 Å². The van der Waals surface area contributed by atoms with Crippen molar-refractivity contribution < 1.29 is 14.7 Å². The molecule has 110 valence electrons. The molecule has 0 heterocycles. The van der Waals surface area contributed by atoms with E-state index in [1.165, 1.54) is 0 Å². The molecule has 0 unspecified atom stereocenters. The molecular formula is C14H19NO3S2. The maximum Gasteiger partial charge on any atom is 0.326 e. The van der Waals surface area contributed by atoms with Crippen LogP contribution in [0.4, 0.5) is 0 Å². The zero-order chi connectivity index (χ0) is 15.1. The number of nitrogens with one attached hydrogen (secondary N) is 1. The van der Waals surface area contributed by atoms with Gasteiger partial charge >= 0.3 is 5.97 Å². The van der Waals surface area contributed by atoms with Crippen LogP contribution in [0.2, 0.25) is 0 Å². The fourth-order valence-electron chi connectivity index (χ4n) is 1.70. The van der Waals surface area contributed by atoms with Crippen molar-refractivity contribution >= 4 is 35.4 Å². The second kappa shape index (κ2) is 8.21. The van der Waals surface area contributed by atoms with Crippen LogP contribution in [0.25, 0.3) is 0 Å². The number of benzene rings is 1. The van der Waals surface area contributed by atoms with Gasteiger partial charge in [0, 0.05) is 10.5 Å². The normalized spacial score (nSPS) is 11.9. The Bertz CT molecular complexity index is 491. The Morgan fingerprint density at radius 3 is 2.60 bits per heavy atom. The third-order valence-electron chi connectivity index (χ3n) is 2.90. The summed E-state index contributed by atoms with van der Waals surface area (Å²) in [6, 6.07) is 4.77. The van der Waals surface area contributed by atoms with E-state index >= 15 is 0 Å². The molecule has 1 atom stereocenters. The predicted molar refractivity (Wildman–Crippen MR) is 84.8 cm³/mol. The van der Waals surface area contributed by atoms with E-state index in [-0.39, 0.29) is 5.91 Å². The van der Waals surface area contributed by atoms with Crippen LogP contribution in [0.5, 0.6) is 0 Å². The summed E-state index contributed by atoms with van der Waals surface area (Å²) in [6.45, 7) is 1.84. The number of amides is 1. The van der Waals surface area contributed by atoms with E-state index in [9.17, 15) is 9.59 Å². The number of carbonyl (C=O) groups excluding carboxylic acids is 1. The highest BCUT2D eigenvalue weighted by Gasteiger charge is 2.21. The van der Waals surface area contributed by atoms with Crippen molar-refractivity contribution in [1.29, 1.82) is 0 Å². The molecule has 0 radical (unpaired) electrons. The highest BCUT2D eigenvalue weighted by Crippen LogP contribution is 2.19. The molecule has 0 aromatic heterocycles. The molecule has 0 aliphatic carbocycles. The second-order valence-corrected chi connectivity index (χ2v) is 6.19. The molecule has 0 saturated heterocycles. The van der Waals surface area contributed by atoms with Gasteiger partial charge in [0.05, 0.1) is 0 Å². The second-order valence-electron chi connectivity index (χ2n) is 4.33. The Balaban J connectivity index is 2.85. The molecule has 0 fully saturated rings. The minimum Gasteiger partial charge on any atom is -0.480 e. The Morgan fingerprint density at radius 1 is 1.35 bits per heavy atom. The third-order valence-corrected chi connectivity index (χ3v) is 4.27. The van der Waals surface area contributed by atoms with Crippen LogP contribution in [-0.2, 0) is 4.79 Å². The Morgan fingerprint density at radius 2 is 2.05 bits per heavy atom. The van der Waals surface area contributed by atoms with Crippen molar-refractivity contribution in [3.63, 3.8) is 0 Å².